The fourth-order valence-electron chi connectivity index (χ4n) is 2.49. The Hall–Kier alpha value is -2.40. The molecule has 0 aromatic heterocycles. The molecule has 2 N–H and O–H groups in total. The van der Waals surface area contributed by atoms with Crippen molar-refractivity contribution in [2.45, 2.75) is 30.9 Å². The molecule has 0 bridgehead atoms. The molecule has 1 aromatic rings. The van der Waals surface area contributed by atoms with E-state index in [4.69, 9.17) is 5.11 Å². The van der Waals surface area contributed by atoms with Crippen molar-refractivity contribution in [3.05, 3.63) is 41.5 Å². The molecule has 1 heterocycles. The summed E-state index contributed by atoms with van der Waals surface area (Å²) in [4.78, 5) is 46.7. The van der Waals surface area contributed by atoms with Crippen LogP contribution in [0.3, 0.4) is 0 Å². The molecule has 0 spiro atoms. The first-order valence-electron chi connectivity index (χ1n) is 8.17. The Balaban J connectivity index is 1.63. The molecule has 0 aliphatic carbocycles. The van der Waals surface area contributed by atoms with Gasteiger partial charge in [-0.05, 0) is 0 Å². The minimum absolute atomic E-state index is 0.151. The second-order valence-corrected chi connectivity index (χ2v) is 8.21. The third kappa shape index (κ3) is 5.56. The van der Waals surface area contributed by atoms with E-state index in [2.05, 4.69) is 0 Å². The molecule has 26 heavy (non-hydrogen) atoms. The van der Waals surface area contributed by atoms with Gasteiger partial charge in [0.05, 0.1) is 0 Å². The number of phenols is 1. The van der Waals surface area contributed by atoms with E-state index in [1.807, 2.05) is 0 Å². The first-order chi connectivity index (χ1) is 12.4. The van der Waals surface area contributed by atoms with E-state index in [0.717, 1.165) is 12.0 Å². The van der Waals surface area contributed by atoms with Gasteiger partial charge in [0, 0.05) is 0 Å². The molecule has 1 aliphatic heterocycles. The number of hydrogen-bond donors (Lipinski definition) is 2. The van der Waals surface area contributed by atoms with Crippen molar-refractivity contribution >= 4 is 38.1 Å². The van der Waals surface area contributed by atoms with Crippen molar-refractivity contribution < 1.29 is 29.4 Å². The number of nitrogens with zero attached hydrogens (tertiary/aromatic N) is 1. The van der Waals surface area contributed by atoms with Crippen molar-refractivity contribution in [2.24, 2.45) is 0 Å². The van der Waals surface area contributed by atoms with Crippen LogP contribution in [0.5, 0.6) is 5.75 Å². The Morgan fingerprint density at radius 3 is 2.35 bits per heavy atom. The van der Waals surface area contributed by atoms with Gasteiger partial charge < -0.3 is 0 Å². The van der Waals surface area contributed by atoms with Crippen molar-refractivity contribution in [1.82, 2.24) is 4.90 Å². The monoisotopic (exact) mass is 420 g/mol. The average Bonchev–Trinajstić information content (AvgIpc) is 2.91. The Bertz CT molecular complexity index is 740. The van der Waals surface area contributed by atoms with E-state index in [1.54, 1.807) is 6.07 Å². The first-order valence-corrected chi connectivity index (χ1v) is 10.4. The topological polar surface area (TPSA) is 112 Å². The molecule has 1 aromatic carbocycles. The summed E-state index contributed by atoms with van der Waals surface area (Å²) in [6.45, 7) is 0.377. The molecule has 2 amide bonds. The number of imide groups is 1. The SMILES string of the molecule is O=C(CCCCCN1C(=O)C=CC1=O)[As]Cc1ccc(C(=O)O)c(O)c1. The van der Waals surface area contributed by atoms with E-state index in [9.17, 15) is 24.3 Å². The van der Waals surface area contributed by atoms with Crippen LogP contribution < -0.4 is 0 Å². The van der Waals surface area contributed by atoms with Crippen LogP contribution in [0.15, 0.2) is 30.4 Å². The molecule has 7 nitrogen and oxygen atoms in total. The van der Waals surface area contributed by atoms with E-state index in [0.29, 0.717) is 31.0 Å². The predicted molar refractivity (Wildman–Crippen MR) is 93.9 cm³/mol. The molecule has 1 aliphatic rings. The molecule has 0 saturated carbocycles. The van der Waals surface area contributed by atoms with Gasteiger partial charge in [-0.3, -0.25) is 0 Å². The van der Waals surface area contributed by atoms with Crippen LogP contribution in [0.1, 0.15) is 41.6 Å². The normalized spacial score (nSPS) is 13.9. The summed E-state index contributed by atoms with van der Waals surface area (Å²) in [6, 6.07) is 4.35. The fourth-order valence-corrected chi connectivity index (χ4v) is 4.32. The second kappa shape index (κ2) is 9.34. The third-order valence-electron chi connectivity index (χ3n) is 3.90. The summed E-state index contributed by atoms with van der Waals surface area (Å²) in [6.07, 6.45) is 5.12. The molecule has 0 fully saturated rings. The Morgan fingerprint density at radius 2 is 1.73 bits per heavy atom. The van der Waals surface area contributed by atoms with Crippen LogP contribution in [0.2, 0.25) is 0 Å². The number of aromatic hydroxyl groups is 1. The molecule has 8 heteroatoms. The Morgan fingerprint density at radius 1 is 1.04 bits per heavy atom. The van der Waals surface area contributed by atoms with Gasteiger partial charge in [-0.25, -0.2) is 0 Å². The molecule has 2 rings (SSSR count). The first kappa shape index (κ1) is 19.9. The predicted octanol–water partition coefficient (Wildman–Crippen LogP) is 1.31. The van der Waals surface area contributed by atoms with Gasteiger partial charge in [-0.1, -0.05) is 0 Å². The van der Waals surface area contributed by atoms with Crippen LogP contribution in [-0.2, 0) is 19.6 Å². The minimum atomic E-state index is -1.19. The maximum absolute atomic E-state index is 12.0. The van der Waals surface area contributed by atoms with Gasteiger partial charge in [-0.2, -0.15) is 0 Å². The summed E-state index contributed by atoms with van der Waals surface area (Å²) in [5, 5.41) is 19.0. The zero-order valence-electron chi connectivity index (χ0n) is 14.1. The zero-order valence-corrected chi connectivity index (χ0v) is 15.9. The van der Waals surface area contributed by atoms with Crippen molar-refractivity contribution in [3.8, 4) is 5.75 Å². The van der Waals surface area contributed by atoms with E-state index >= 15 is 0 Å². The Labute approximate surface area is 157 Å². The van der Waals surface area contributed by atoms with Crippen LogP contribution in [-0.4, -0.2) is 59.8 Å². The molecule has 0 saturated heterocycles. The number of benzene rings is 1. The maximum atomic E-state index is 12.0. The van der Waals surface area contributed by atoms with Crippen LogP contribution in [0.4, 0.5) is 0 Å². The molecule has 0 atom stereocenters. The number of hydrogen-bond acceptors (Lipinski definition) is 5. The third-order valence-corrected chi connectivity index (χ3v) is 6.21. The molecular formula is C18H19AsNO6. The van der Waals surface area contributed by atoms with Gasteiger partial charge in [0.1, 0.15) is 0 Å². The summed E-state index contributed by atoms with van der Waals surface area (Å²) in [7, 11) is 0. The van der Waals surface area contributed by atoms with E-state index in [1.165, 1.54) is 29.2 Å². The zero-order chi connectivity index (χ0) is 19.1. The number of carbonyl (C=O) groups excluding carboxylic acids is 3. The van der Waals surface area contributed by atoms with E-state index in [-0.39, 0.29) is 27.7 Å². The van der Waals surface area contributed by atoms with Gasteiger partial charge in [0.2, 0.25) is 0 Å². The van der Waals surface area contributed by atoms with Gasteiger partial charge in [-0.15, -0.1) is 0 Å². The summed E-state index contributed by atoms with van der Waals surface area (Å²) >= 11 is -0.573. The second-order valence-electron chi connectivity index (χ2n) is 5.84. The molecular weight excluding hydrogens is 401 g/mol. The molecule has 137 valence electrons. The number of aromatic carboxylic acids is 1. The number of carboxylic acids is 1. The standard InChI is InChI=1S/C18H19AsNO6/c21-14-10-12(5-6-13(14)18(25)26)11-19-15(22)4-2-1-3-9-20-16(23)7-8-17(20)24/h5-8,10,21H,1-4,9,11H2,(H,25,26). The number of carbonyl (C=O) groups is 4. The van der Waals surface area contributed by atoms with Crippen LogP contribution in [0.25, 0.3) is 0 Å². The summed E-state index contributed by atoms with van der Waals surface area (Å²) in [5.41, 5.74) is 0.598. The quantitative estimate of drug-likeness (QED) is 0.335. The molecule has 1 radical (unpaired) electrons. The number of carboxylic acid groups (broad SMARTS) is 1. The van der Waals surface area contributed by atoms with Crippen LogP contribution >= 0.6 is 0 Å². The fraction of sp³-hybridized carbons (Fsp3) is 0.333. The number of unbranched alkanes of at least 4 members (excludes halogenated alkanes) is 2. The summed E-state index contributed by atoms with van der Waals surface area (Å²) < 4.78 is 0.179. The van der Waals surface area contributed by atoms with Crippen LogP contribution in [0, 0.1) is 0 Å². The van der Waals surface area contributed by atoms with Gasteiger partial charge >= 0.3 is 157 Å². The van der Waals surface area contributed by atoms with Crippen molar-refractivity contribution in [3.63, 3.8) is 0 Å². The number of rotatable bonds is 10. The van der Waals surface area contributed by atoms with Crippen molar-refractivity contribution in [2.75, 3.05) is 6.54 Å². The molecule has 0 unspecified atom stereocenters. The Kier molecular flexibility index (Phi) is 7.15. The summed E-state index contributed by atoms with van der Waals surface area (Å²) in [5.74, 6) is -2.04. The van der Waals surface area contributed by atoms with Crippen molar-refractivity contribution in [1.29, 1.82) is 0 Å². The average molecular weight is 420 g/mol. The number of amides is 2. The van der Waals surface area contributed by atoms with Gasteiger partial charge in [0.25, 0.3) is 0 Å². The van der Waals surface area contributed by atoms with E-state index < -0.39 is 21.7 Å². The van der Waals surface area contributed by atoms with Gasteiger partial charge in [0.15, 0.2) is 0 Å².